The Hall–Kier alpha value is -4.01. The lowest BCUT2D eigenvalue weighted by atomic mass is 10.1. The molecule has 0 aliphatic carbocycles. The maximum absolute atomic E-state index is 13.2. The monoisotopic (exact) mass is 438 g/mol. The number of aliphatic imine (C=N–C) groups is 1. The summed E-state index contributed by atoms with van der Waals surface area (Å²) in [6.45, 7) is 3.57. The van der Waals surface area contributed by atoms with E-state index >= 15 is 0 Å². The number of rotatable bonds is 3. The Morgan fingerprint density at radius 3 is 2.28 bits per heavy atom. The second kappa shape index (κ2) is 7.92. The molecule has 0 aliphatic rings. The van der Waals surface area contributed by atoms with Crippen molar-refractivity contribution >= 4 is 22.9 Å². The highest BCUT2D eigenvalue weighted by Gasteiger charge is 2.31. The number of benzene rings is 2. The van der Waals surface area contributed by atoms with Crippen LogP contribution in [-0.4, -0.2) is 25.9 Å². The van der Waals surface area contributed by atoms with Crippen LogP contribution in [0.4, 0.5) is 19.1 Å². The van der Waals surface area contributed by atoms with Gasteiger partial charge in [-0.1, -0.05) is 24.3 Å². The van der Waals surface area contributed by atoms with E-state index in [1.165, 1.54) is 24.4 Å². The fourth-order valence-corrected chi connectivity index (χ4v) is 3.44. The molecule has 0 saturated carbocycles. The summed E-state index contributed by atoms with van der Waals surface area (Å²) in [7, 11) is 0. The summed E-state index contributed by atoms with van der Waals surface area (Å²) in [5, 5.41) is 11.6. The molecule has 0 saturated heterocycles. The molecule has 0 atom stereocenters. The summed E-state index contributed by atoms with van der Waals surface area (Å²) < 4.78 is 40.5. The van der Waals surface area contributed by atoms with Gasteiger partial charge >= 0.3 is 6.18 Å². The zero-order chi connectivity index (χ0) is 23.0. The van der Waals surface area contributed by atoms with Crippen molar-refractivity contribution in [3.8, 4) is 11.6 Å². The molecule has 0 bridgehead atoms. The topological polar surface area (TPSA) is 80.4 Å². The fourth-order valence-electron chi connectivity index (χ4n) is 3.44. The molecule has 162 valence electrons. The van der Waals surface area contributed by atoms with Gasteiger partial charge in [-0.25, -0.2) is 19.5 Å². The summed E-state index contributed by atoms with van der Waals surface area (Å²) in [6.07, 6.45) is -3.30. The van der Waals surface area contributed by atoms with Crippen molar-refractivity contribution in [1.29, 1.82) is 0 Å². The smallest absolute Gasteiger partial charge is 0.416 e. The van der Waals surface area contributed by atoms with Crippen LogP contribution in [0.1, 0.15) is 22.5 Å². The first kappa shape index (κ1) is 21.2. The number of hydrogen-bond acceptors (Lipinski definition) is 5. The summed E-state index contributed by atoms with van der Waals surface area (Å²) in [6, 6.07) is 12.4. The van der Waals surface area contributed by atoms with Gasteiger partial charge in [0.1, 0.15) is 0 Å². The number of alkyl halides is 3. The minimum Gasteiger partial charge on any atom is -0.494 e. The number of aryl methyl sites for hydroxylation is 2. The van der Waals surface area contributed by atoms with E-state index in [-0.39, 0.29) is 22.6 Å². The molecule has 32 heavy (non-hydrogen) atoms. The minimum absolute atomic E-state index is 0.120. The highest BCUT2D eigenvalue weighted by molar-refractivity contribution is 6.02. The van der Waals surface area contributed by atoms with Crippen molar-refractivity contribution < 1.29 is 18.3 Å². The Bertz CT molecular complexity index is 1410. The van der Waals surface area contributed by atoms with Crippen molar-refractivity contribution in [3.63, 3.8) is 0 Å². The van der Waals surface area contributed by atoms with Crippen molar-refractivity contribution in [2.45, 2.75) is 20.0 Å². The molecule has 4 rings (SSSR count). The maximum atomic E-state index is 13.2. The summed E-state index contributed by atoms with van der Waals surface area (Å²) in [4.78, 5) is 25.7. The third-order valence-electron chi connectivity index (χ3n) is 4.81. The molecule has 0 unspecified atom stereocenters. The Morgan fingerprint density at radius 1 is 0.969 bits per heavy atom. The molecule has 0 aliphatic heterocycles. The summed E-state index contributed by atoms with van der Waals surface area (Å²) in [5.74, 6) is -0.385. The molecule has 4 aromatic rings. The molecule has 0 amide bonds. The van der Waals surface area contributed by atoms with Crippen LogP contribution in [0.25, 0.3) is 16.5 Å². The van der Waals surface area contributed by atoms with Gasteiger partial charge in [-0.05, 0) is 44.2 Å². The average Bonchev–Trinajstić information content (AvgIpc) is 2.73. The van der Waals surface area contributed by atoms with Gasteiger partial charge in [-0.15, -0.1) is 0 Å². The number of fused-ring (bicyclic) bond motifs is 1. The van der Waals surface area contributed by atoms with Crippen LogP contribution in [0.2, 0.25) is 0 Å². The second-order valence-electron chi connectivity index (χ2n) is 7.18. The molecule has 6 nitrogen and oxygen atoms in total. The molecule has 9 heteroatoms. The Morgan fingerprint density at radius 2 is 1.62 bits per heavy atom. The molecule has 2 aromatic heterocycles. The number of halogens is 3. The lowest BCUT2D eigenvalue weighted by Crippen LogP contribution is -2.20. The first-order valence-corrected chi connectivity index (χ1v) is 9.56. The van der Waals surface area contributed by atoms with E-state index in [1.807, 2.05) is 0 Å². The Kier molecular flexibility index (Phi) is 5.25. The minimum atomic E-state index is -4.60. The molecule has 0 radical (unpaired) electrons. The van der Waals surface area contributed by atoms with Gasteiger partial charge in [0.2, 0.25) is 11.8 Å². The standard InChI is InChI=1S/C23H17F3N4O2/c1-13-10-14(2)29-22(28-13)27-12-19-17-8-3-4-9-18(17)20(31)30(21(19)32)16-7-5-6-15(11-16)23(24,25)26/h3-12,32H,1-2H3/b27-12+. The Balaban J connectivity index is 1.97. The maximum Gasteiger partial charge on any atom is 0.416 e. The third-order valence-corrected chi connectivity index (χ3v) is 4.81. The van der Waals surface area contributed by atoms with Gasteiger partial charge in [0.15, 0.2) is 0 Å². The van der Waals surface area contributed by atoms with Gasteiger partial charge in [0.25, 0.3) is 5.56 Å². The lowest BCUT2D eigenvalue weighted by molar-refractivity contribution is -0.137. The molecular formula is C23H17F3N4O2. The average molecular weight is 438 g/mol. The molecule has 2 heterocycles. The van der Waals surface area contributed by atoms with E-state index in [0.29, 0.717) is 16.8 Å². The van der Waals surface area contributed by atoms with Gasteiger partial charge in [0, 0.05) is 28.4 Å². The zero-order valence-electron chi connectivity index (χ0n) is 17.1. The van der Waals surface area contributed by atoms with Crippen molar-refractivity contribution in [2.24, 2.45) is 4.99 Å². The predicted octanol–water partition coefficient (Wildman–Crippen LogP) is 4.87. The van der Waals surface area contributed by atoms with Crippen LogP contribution in [-0.2, 0) is 6.18 Å². The van der Waals surface area contributed by atoms with E-state index in [9.17, 15) is 23.1 Å². The number of aromatic hydroxyl groups is 1. The molecule has 0 fully saturated rings. The van der Waals surface area contributed by atoms with Crippen LogP contribution in [0.5, 0.6) is 5.88 Å². The van der Waals surface area contributed by atoms with Crippen molar-refractivity contribution in [3.05, 3.63) is 87.5 Å². The summed E-state index contributed by atoms with van der Waals surface area (Å²) >= 11 is 0. The normalized spacial score (nSPS) is 12.0. The first-order chi connectivity index (χ1) is 15.1. The zero-order valence-corrected chi connectivity index (χ0v) is 17.1. The lowest BCUT2D eigenvalue weighted by Gasteiger charge is -2.15. The number of nitrogens with zero attached hydrogens (tertiary/aromatic N) is 4. The van der Waals surface area contributed by atoms with Gasteiger partial charge in [0.05, 0.1) is 16.8 Å². The van der Waals surface area contributed by atoms with Crippen LogP contribution in [0.3, 0.4) is 0 Å². The third kappa shape index (κ3) is 3.96. The van der Waals surface area contributed by atoms with Crippen molar-refractivity contribution in [2.75, 3.05) is 0 Å². The molecule has 1 N–H and O–H groups in total. The van der Waals surface area contributed by atoms with E-state index in [2.05, 4.69) is 15.0 Å². The quantitative estimate of drug-likeness (QED) is 0.463. The second-order valence-corrected chi connectivity index (χ2v) is 7.18. The van der Waals surface area contributed by atoms with E-state index in [0.717, 1.165) is 16.7 Å². The van der Waals surface area contributed by atoms with E-state index < -0.39 is 23.2 Å². The van der Waals surface area contributed by atoms with Crippen LogP contribution in [0, 0.1) is 13.8 Å². The van der Waals surface area contributed by atoms with Crippen LogP contribution < -0.4 is 5.56 Å². The largest absolute Gasteiger partial charge is 0.494 e. The highest BCUT2D eigenvalue weighted by atomic mass is 19.4. The van der Waals surface area contributed by atoms with E-state index in [4.69, 9.17) is 0 Å². The Labute approximate surface area is 180 Å². The first-order valence-electron chi connectivity index (χ1n) is 9.56. The van der Waals surface area contributed by atoms with Crippen LogP contribution in [0.15, 0.2) is 64.4 Å². The number of aromatic nitrogens is 3. The molecular weight excluding hydrogens is 421 g/mol. The van der Waals surface area contributed by atoms with Gasteiger partial charge < -0.3 is 5.11 Å². The highest BCUT2D eigenvalue weighted by Crippen LogP contribution is 2.32. The summed E-state index contributed by atoms with van der Waals surface area (Å²) in [5.41, 5.74) is -0.156. The molecule has 0 spiro atoms. The number of pyridine rings is 1. The van der Waals surface area contributed by atoms with E-state index in [1.54, 1.807) is 38.1 Å². The SMILES string of the molecule is Cc1cc(C)nc(/N=C/c2c(O)n(-c3cccc(C(F)(F)F)c3)c(=O)c3ccccc23)n1. The molecule has 2 aromatic carbocycles. The number of hydrogen-bond donors (Lipinski definition) is 1. The van der Waals surface area contributed by atoms with Gasteiger partial charge in [-0.2, -0.15) is 13.2 Å². The van der Waals surface area contributed by atoms with Crippen LogP contribution >= 0.6 is 0 Å². The predicted molar refractivity (Wildman–Crippen MR) is 115 cm³/mol. The fraction of sp³-hybridized carbons (Fsp3) is 0.130. The van der Waals surface area contributed by atoms with Gasteiger partial charge in [-0.3, -0.25) is 4.79 Å². The van der Waals surface area contributed by atoms with Crippen molar-refractivity contribution in [1.82, 2.24) is 14.5 Å².